The molecule has 0 atom stereocenters. The monoisotopic (exact) mass is 274 g/mol. The molecule has 2 rings (SSSR count). The SMILES string of the molecule is Cc1ccc(CCN(C)CCCN2CCCC2)cc1C. The smallest absolute Gasteiger partial charge is 0.00188 e. The highest BCUT2D eigenvalue weighted by molar-refractivity contribution is 5.30. The summed E-state index contributed by atoms with van der Waals surface area (Å²) in [7, 11) is 2.25. The minimum atomic E-state index is 1.17. The van der Waals surface area contributed by atoms with Crippen LogP contribution in [-0.4, -0.2) is 49.6 Å². The molecule has 1 aromatic rings. The molecule has 1 aliphatic heterocycles. The average Bonchev–Trinajstić information content (AvgIpc) is 2.93. The number of rotatable bonds is 7. The van der Waals surface area contributed by atoms with Crippen LogP contribution in [0.4, 0.5) is 0 Å². The van der Waals surface area contributed by atoms with Crippen molar-refractivity contribution >= 4 is 0 Å². The highest BCUT2D eigenvalue weighted by atomic mass is 15.1. The van der Waals surface area contributed by atoms with E-state index in [1.165, 1.54) is 75.1 Å². The number of likely N-dealkylation sites (N-methyl/N-ethyl adjacent to an activating group) is 1. The molecule has 0 aliphatic carbocycles. The lowest BCUT2D eigenvalue weighted by Crippen LogP contribution is -2.27. The molecule has 0 bridgehead atoms. The van der Waals surface area contributed by atoms with Crippen molar-refractivity contribution in [1.82, 2.24) is 9.80 Å². The van der Waals surface area contributed by atoms with Crippen molar-refractivity contribution in [3.05, 3.63) is 34.9 Å². The molecule has 0 N–H and O–H groups in total. The third-order valence-corrected chi connectivity index (χ3v) is 4.57. The van der Waals surface area contributed by atoms with Gasteiger partial charge in [0.2, 0.25) is 0 Å². The van der Waals surface area contributed by atoms with Gasteiger partial charge in [0, 0.05) is 6.54 Å². The molecule has 0 unspecified atom stereocenters. The largest absolute Gasteiger partial charge is 0.306 e. The fourth-order valence-electron chi connectivity index (χ4n) is 2.96. The first-order chi connectivity index (χ1) is 9.65. The number of hydrogen-bond donors (Lipinski definition) is 0. The summed E-state index contributed by atoms with van der Waals surface area (Å²) in [5, 5.41) is 0. The minimum absolute atomic E-state index is 1.17. The Kier molecular flexibility index (Phi) is 6.06. The van der Waals surface area contributed by atoms with E-state index in [0.717, 1.165) is 0 Å². The second kappa shape index (κ2) is 7.80. The summed E-state index contributed by atoms with van der Waals surface area (Å²) in [4.78, 5) is 5.09. The molecule has 1 heterocycles. The van der Waals surface area contributed by atoms with Gasteiger partial charge >= 0.3 is 0 Å². The predicted molar refractivity (Wildman–Crippen MR) is 87.4 cm³/mol. The lowest BCUT2D eigenvalue weighted by atomic mass is 10.0. The third kappa shape index (κ3) is 4.92. The summed E-state index contributed by atoms with van der Waals surface area (Å²) < 4.78 is 0. The molecule has 1 aromatic carbocycles. The first-order valence-corrected chi connectivity index (χ1v) is 8.12. The zero-order chi connectivity index (χ0) is 14.4. The van der Waals surface area contributed by atoms with Crippen LogP contribution in [0.15, 0.2) is 18.2 Å². The molecular weight excluding hydrogens is 244 g/mol. The van der Waals surface area contributed by atoms with E-state index in [4.69, 9.17) is 0 Å². The van der Waals surface area contributed by atoms with Crippen molar-refractivity contribution in [2.45, 2.75) is 39.5 Å². The quantitative estimate of drug-likeness (QED) is 0.753. The fraction of sp³-hybridized carbons (Fsp3) is 0.667. The van der Waals surface area contributed by atoms with E-state index in [1.54, 1.807) is 0 Å². The van der Waals surface area contributed by atoms with Crippen molar-refractivity contribution in [2.24, 2.45) is 0 Å². The van der Waals surface area contributed by atoms with Gasteiger partial charge in [-0.1, -0.05) is 18.2 Å². The summed E-state index contributed by atoms with van der Waals surface area (Å²) in [5.74, 6) is 0. The highest BCUT2D eigenvalue weighted by Crippen LogP contribution is 2.11. The molecule has 20 heavy (non-hydrogen) atoms. The third-order valence-electron chi connectivity index (χ3n) is 4.57. The molecule has 1 fully saturated rings. The zero-order valence-corrected chi connectivity index (χ0v) is 13.5. The number of nitrogens with zero attached hydrogens (tertiary/aromatic N) is 2. The summed E-state index contributed by atoms with van der Waals surface area (Å²) in [6.07, 6.45) is 5.29. The Bertz CT molecular complexity index is 408. The van der Waals surface area contributed by atoms with E-state index in [9.17, 15) is 0 Å². The normalized spacial score (nSPS) is 16.2. The first kappa shape index (κ1) is 15.5. The van der Waals surface area contributed by atoms with Gasteiger partial charge < -0.3 is 9.80 Å². The molecule has 1 saturated heterocycles. The predicted octanol–water partition coefficient (Wildman–Crippen LogP) is 3.26. The Morgan fingerprint density at radius 2 is 1.80 bits per heavy atom. The van der Waals surface area contributed by atoms with Crippen LogP contribution in [0.25, 0.3) is 0 Å². The van der Waals surface area contributed by atoms with Gasteiger partial charge in [-0.15, -0.1) is 0 Å². The Balaban J connectivity index is 1.63. The Morgan fingerprint density at radius 3 is 2.50 bits per heavy atom. The molecule has 0 aromatic heterocycles. The second-order valence-corrected chi connectivity index (χ2v) is 6.37. The maximum Gasteiger partial charge on any atom is 0.00188 e. The zero-order valence-electron chi connectivity index (χ0n) is 13.5. The molecule has 2 heteroatoms. The van der Waals surface area contributed by atoms with E-state index < -0.39 is 0 Å². The number of benzene rings is 1. The van der Waals surface area contributed by atoms with Gasteiger partial charge in [0.15, 0.2) is 0 Å². The van der Waals surface area contributed by atoms with Crippen molar-refractivity contribution in [3.63, 3.8) is 0 Å². The van der Waals surface area contributed by atoms with Gasteiger partial charge in [-0.3, -0.25) is 0 Å². The van der Waals surface area contributed by atoms with Crippen LogP contribution in [0.3, 0.4) is 0 Å². The number of aryl methyl sites for hydroxylation is 2. The van der Waals surface area contributed by atoms with Crippen LogP contribution in [0.2, 0.25) is 0 Å². The summed E-state index contributed by atoms with van der Waals surface area (Å²) in [6.45, 7) is 10.7. The highest BCUT2D eigenvalue weighted by Gasteiger charge is 2.10. The second-order valence-electron chi connectivity index (χ2n) is 6.37. The maximum absolute atomic E-state index is 2.61. The van der Waals surface area contributed by atoms with Crippen molar-refractivity contribution in [1.29, 1.82) is 0 Å². The summed E-state index contributed by atoms with van der Waals surface area (Å²) >= 11 is 0. The van der Waals surface area contributed by atoms with Gasteiger partial charge in [-0.2, -0.15) is 0 Å². The standard InChI is InChI=1S/C18H30N2/c1-16-7-8-18(15-17(16)2)9-14-19(3)10-6-13-20-11-4-5-12-20/h7-8,15H,4-6,9-14H2,1-3H3. The van der Waals surface area contributed by atoms with E-state index >= 15 is 0 Å². The van der Waals surface area contributed by atoms with Crippen molar-refractivity contribution in [2.75, 3.05) is 39.8 Å². The summed E-state index contributed by atoms with van der Waals surface area (Å²) in [5.41, 5.74) is 4.28. The van der Waals surface area contributed by atoms with E-state index in [1.807, 2.05) is 0 Å². The summed E-state index contributed by atoms with van der Waals surface area (Å²) in [6, 6.07) is 6.87. The Hall–Kier alpha value is -0.860. The fourth-order valence-corrected chi connectivity index (χ4v) is 2.96. The van der Waals surface area contributed by atoms with Crippen LogP contribution in [0.1, 0.15) is 36.0 Å². The molecule has 1 aliphatic rings. The van der Waals surface area contributed by atoms with Gasteiger partial charge in [-0.25, -0.2) is 0 Å². The van der Waals surface area contributed by atoms with Crippen LogP contribution >= 0.6 is 0 Å². The van der Waals surface area contributed by atoms with E-state index in [-0.39, 0.29) is 0 Å². The maximum atomic E-state index is 2.61. The van der Waals surface area contributed by atoms with Crippen molar-refractivity contribution < 1.29 is 0 Å². The minimum Gasteiger partial charge on any atom is -0.306 e. The molecule has 0 spiro atoms. The Morgan fingerprint density at radius 1 is 1.05 bits per heavy atom. The van der Waals surface area contributed by atoms with Crippen LogP contribution < -0.4 is 0 Å². The molecule has 0 radical (unpaired) electrons. The van der Waals surface area contributed by atoms with Crippen molar-refractivity contribution in [3.8, 4) is 0 Å². The van der Waals surface area contributed by atoms with Crippen LogP contribution in [-0.2, 0) is 6.42 Å². The Labute approximate surface area is 124 Å². The lowest BCUT2D eigenvalue weighted by molar-refractivity contribution is 0.281. The van der Waals surface area contributed by atoms with Crippen LogP contribution in [0, 0.1) is 13.8 Å². The number of hydrogen-bond acceptors (Lipinski definition) is 2. The van der Waals surface area contributed by atoms with Gasteiger partial charge in [0.1, 0.15) is 0 Å². The van der Waals surface area contributed by atoms with E-state index in [0.29, 0.717) is 0 Å². The molecule has 0 saturated carbocycles. The van der Waals surface area contributed by atoms with E-state index in [2.05, 4.69) is 48.9 Å². The number of likely N-dealkylation sites (tertiary alicyclic amines) is 1. The average molecular weight is 274 g/mol. The van der Waals surface area contributed by atoms with Crippen LogP contribution in [0.5, 0.6) is 0 Å². The molecule has 0 amide bonds. The van der Waals surface area contributed by atoms with Gasteiger partial charge in [0.25, 0.3) is 0 Å². The molecular formula is C18H30N2. The first-order valence-electron chi connectivity index (χ1n) is 8.12. The van der Waals surface area contributed by atoms with Gasteiger partial charge in [0.05, 0.1) is 0 Å². The van der Waals surface area contributed by atoms with Gasteiger partial charge in [-0.05, 0) is 89.4 Å². The molecule has 2 nitrogen and oxygen atoms in total. The lowest BCUT2D eigenvalue weighted by Gasteiger charge is -2.19. The topological polar surface area (TPSA) is 6.48 Å². The molecule has 112 valence electrons.